The van der Waals surface area contributed by atoms with Crippen molar-refractivity contribution in [3.05, 3.63) is 90.4 Å². The lowest BCUT2D eigenvalue weighted by Crippen LogP contribution is -2.40. The maximum absolute atomic E-state index is 4.50. The summed E-state index contributed by atoms with van der Waals surface area (Å²) in [5.41, 5.74) is 9.52. The van der Waals surface area contributed by atoms with Crippen molar-refractivity contribution in [3.63, 3.8) is 0 Å². The molecule has 6 rings (SSSR count). The van der Waals surface area contributed by atoms with Gasteiger partial charge in [-0.05, 0) is 43.2 Å². The van der Waals surface area contributed by atoms with Gasteiger partial charge in [0.25, 0.3) is 5.69 Å². The number of rotatable bonds is 3. The van der Waals surface area contributed by atoms with E-state index in [-0.39, 0.29) is 0 Å². The SMILES string of the molecule is Cc1cccc(C)c1-n1c(-c2cccc(-c3cn4ccnc4n3C)[n+]2C)[n+](C)c2ccccc21. The Morgan fingerprint density at radius 3 is 2.26 bits per heavy atom. The molecule has 6 aromatic rings. The molecule has 0 amide bonds. The van der Waals surface area contributed by atoms with Crippen LogP contribution in [0.15, 0.2) is 79.3 Å². The van der Waals surface area contributed by atoms with Gasteiger partial charge >= 0.3 is 5.82 Å². The van der Waals surface area contributed by atoms with Crippen LogP contribution in [0.4, 0.5) is 0 Å². The number of hydrogen-bond donors (Lipinski definition) is 0. The quantitative estimate of drug-likeness (QED) is 0.374. The summed E-state index contributed by atoms with van der Waals surface area (Å²) in [6, 6.07) is 21.7. The first-order valence-electron chi connectivity index (χ1n) is 11.5. The van der Waals surface area contributed by atoms with Gasteiger partial charge in [-0.25, -0.2) is 9.55 Å². The molecule has 2 aromatic carbocycles. The van der Waals surface area contributed by atoms with Gasteiger partial charge in [-0.2, -0.15) is 9.13 Å². The van der Waals surface area contributed by atoms with E-state index in [0.29, 0.717) is 0 Å². The van der Waals surface area contributed by atoms with Gasteiger partial charge in [0.15, 0.2) is 11.0 Å². The van der Waals surface area contributed by atoms with Crippen molar-refractivity contribution in [3.8, 4) is 28.6 Å². The van der Waals surface area contributed by atoms with E-state index in [9.17, 15) is 0 Å². The van der Waals surface area contributed by atoms with Gasteiger partial charge in [-0.3, -0.25) is 4.40 Å². The molecule has 0 aliphatic carbocycles. The van der Waals surface area contributed by atoms with Gasteiger partial charge in [0.1, 0.15) is 18.4 Å². The number of fused-ring (bicyclic) bond motifs is 2. The third-order valence-corrected chi connectivity index (χ3v) is 6.97. The van der Waals surface area contributed by atoms with Crippen molar-refractivity contribution in [1.82, 2.24) is 18.5 Å². The van der Waals surface area contributed by atoms with Gasteiger partial charge in [-0.1, -0.05) is 30.3 Å². The minimum Gasteiger partial charge on any atom is -0.308 e. The summed E-state index contributed by atoms with van der Waals surface area (Å²) in [5, 5.41) is 0. The normalized spacial score (nSPS) is 11.7. The van der Waals surface area contributed by atoms with Crippen LogP contribution in [-0.4, -0.2) is 18.5 Å². The summed E-state index contributed by atoms with van der Waals surface area (Å²) in [6.45, 7) is 4.38. The topological polar surface area (TPSA) is 34.9 Å². The summed E-state index contributed by atoms with van der Waals surface area (Å²) in [4.78, 5) is 4.50. The molecule has 0 saturated heterocycles. The molecule has 4 aromatic heterocycles. The number of aryl methyl sites for hydroxylation is 4. The highest BCUT2D eigenvalue weighted by molar-refractivity contribution is 5.79. The van der Waals surface area contributed by atoms with Crippen LogP contribution in [0.1, 0.15) is 11.1 Å². The molecule has 168 valence electrons. The molecule has 0 saturated carbocycles. The van der Waals surface area contributed by atoms with E-state index in [1.54, 1.807) is 0 Å². The van der Waals surface area contributed by atoms with Crippen LogP contribution in [-0.2, 0) is 21.1 Å². The molecule has 0 spiro atoms. The molecule has 4 heterocycles. The number of hydrogen-bond acceptors (Lipinski definition) is 1. The van der Waals surface area contributed by atoms with E-state index in [2.05, 4.69) is 130 Å². The van der Waals surface area contributed by atoms with Crippen molar-refractivity contribution in [2.45, 2.75) is 13.8 Å². The Hall–Kier alpha value is -4.19. The number of aromatic nitrogens is 6. The Kier molecular flexibility index (Phi) is 4.45. The average Bonchev–Trinajstić information content (AvgIpc) is 3.49. The molecule has 0 unspecified atom stereocenters. The number of pyridine rings is 1. The fourth-order valence-electron chi connectivity index (χ4n) is 5.28. The molecule has 0 radical (unpaired) electrons. The fourth-order valence-corrected chi connectivity index (χ4v) is 5.28. The Labute approximate surface area is 198 Å². The molecule has 0 N–H and O–H groups in total. The van der Waals surface area contributed by atoms with E-state index in [0.717, 1.165) is 28.7 Å². The van der Waals surface area contributed by atoms with E-state index in [1.165, 1.54) is 27.8 Å². The summed E-state index contributed by atoms with van der Waals surface area (Å²) < 4.78 is 11.2. The minimum atomic E-state index is 0.926. The van der Waals surface area contributed by atoms with E-state index in [1.807, 2.05) is 12.4 Å². The standard InChI is InChI=1S/C28H28N6/c1-19-10-8-11-20(2)26(19)34-23-13-7-6-12-21(23)31(4)27(34)24-15-9-14-22(30(24)3)25-18-33-17-16-29-28(33)32(25)5/h6-18H,1-5H3/q+2. The maximum Gasteiger partial charge on any atom is 0.360 e. The number of imidazole rings is 3. The fraction of sp³-hybridized carbons (Fsp3) is 0.179. The molecule has 0 aliphatic heterocycles. The number of benzene rings is 2. The van der Waals surface area contributed by atoms with Gasteiger partial charge in [0, 0.05) is 37.8 Å². The second-order valence-corrected chi connectivity index (χ2v) is 9.01. The van der Waals surface area contributed by atoms with Gasteiger partial charge in [0.05, 0.1) is 7.05 Å². The lowest BCUT2D eigenvalue weighted by molar-refractivity contribution is -0.673. The lowest BCUT2D eigenvalue weighted by Gasteiger charge is -2.09. The van der Waals surface area contributed by atoms with E-state index in [4.69, 9.17) is 0 Å². The van der Waals surface area contributed by atoms with Gasteiger partial charge in [-0.15, -0.1) is 0 Å². The van der Waals surface area contributed by atoms with Crippen molar-refractivity contribution in [2.24, 2.45) is 21.1 Å². The highest BCUT2D eigenvalue weighted by atomic mass is 15.2. The zero-order valence-corrected chi connectivity index (χ0v) is 20.2. The largest absolute Gasteiger partial charge is 0.360 e. The molecule has 0 aliphatic rings. The van der Waals surface area contributed by atoms with Crippen molar-refractivity contribution in [1.29, 1.82) is 0 Å². The van der Waals surface area contributed by atoms with E-state index < -0.39 is 0 Å². The third-order valence-electron chi connectivity index (χ3n) is 6.97. The average molecular weight is 449 g/mol. The molecule has 34 heavy (non-hydrogen) atoms. The summed E-state index contributed by atoms with van der Waals surface area (Å²) in [5.74, 6) is 2.07. The zero-order chi connectivity index (χ0) is 23.6. The maximum atomic E-state index is 4.50. The van der Waals surface area contributed by atoms with Crippen LogP contribution in [0.5, 0.6) is 0 Å². The Bertz CT molecular complexity index is 1690. The van der Waals surface area contributed by atoms with Crippen LogP contribution < -0.4 is 9.13 Å². The predicted octanol–water partition coefficient (Wildman–Crippen LogP) is 4.22. The second kappa shape index (κ2) is 7.42. The third kappa shape index (κ3) is 2.78. The predicted molar refractivity (Wildman–Crippen MR) is 134 cm³/mol. The van der Waals surface area contributed by atoms with Crippen LogP contribution in [0, 0.1) is 13.8 Å². The Balaban J connectivity index is 1.69. The number of nitrogens with zero attached hydrogens (tertiary/aromatic N) is 6. The zero-order valence-electron chi connectivity index (χ0n) is 20.2. The molecule has 0 fully saturated rings. The first kappa shape index (κ1) is 20.4. The van der Waals surface area contributed by atoms with Crippen molar-refractivity contribution >= 4 is 16.8 Å². The molecule has 0 atom stereocenters. The lowest BCUT2D eigenvalue weighted by atomic mass is 10.1. The first-order valence-corrected chi connectivity index (χ1v) is 11.5. The summed E-state index contributed by atoms with van der Waals surface area (Å²) >= 11 is 0. The summed E-state index contributed by atoms with van der Waals surface area (Å²) in [6.07, 6.45) is 5.96. The molecule has 6 nitrogen and oxygen atoms in total. The minimum absolute atomic E-state index is 0.926. The van der Waals surface area contributed by atoms with Gasteiger partial charge < -0.3 is 4.57 Å². The highest BCUT2D eigenvalue weighted by Gasteiger charge is 2.34. The highest BCUT2D eigenvalue weighted by Crippen LogP contribution is 2.30. The second-order valence-electron chi connectivity index (χ2n) is 9.01. The van der Waals surface area contributed by atoms with Crippen LogP contribution in [0.3, 0.4) is 0 Å². The van der Waals surface area contributed by atoms with Crippen molar-refractivity contribution < 1.29 is 9.13 Å². The Morgan fingerprint density at radius 1 is 0.794 bits per heavy atom. The number of para-hydroxylation sites is 3. The molecular weight excluding hydrogens is 420 g/mol. The molecule has 6 heteroatoms. The van der Waals surface area contributed by atoms with Crippen LogP contribution in [0.25, 0.3) is 45.4 Å². The smallest absolute Gasteiger partial charge is 0.308 e. The van der Waals surface area contributed by atoms with Crippen LogP contribution >= 0.6 is 0 Å². The van der Waals surface area contributed by atoms with Gasteiger partial charge in [0.2, 0.25) is 11.5 Å². The van der Waals surface area contributed by atoms with Crippen molar-refractivity contribution in [2.75, 3.05) is 0 Å². The molecular formula is C28H28N6+2. The first-order chi connectivity index (χ1) is 16.5. The monoisotopic (exact) mass is 448 g/mol. The van der Waals surface area contributed by atoms with E-state index >= 15 is 0 Å². The molecule has 0 bridgehead atoms. The Morgan fingerprint density at radius 2 is 1.50 bits per heavy atom. The van der Waals surface area contributed by atoms with Crippen LogP contribution in [0.2, 0.25) is 0 Å². The summed E-state index contributed by atoms with van der Waals surface area (Å²) in [7, 11) is 6.37.